The lowest BCUT2D eigenvalue weighted by molar-refractivity contribution is -0.136. The number of aromatic amines is 1. The van der Waals surface area contributed by atoms with E-state index in [1.54, 1.807) is 0 Å². The number of hydrogen-bond donors (Lipinski definition) is 2. The Hall–Kier alpha value is -2.10. The molecule has 0 saturated heterocycles. The molecule has 100 valence electrons. The van der Waals surface area contributed by atoms with Gasteiger partial charge < -0.3 is 10.1 Å². The quantitative estimate of drug-likeness (QED) is 0.885. The van der Waals surface area contributed by atoms with Gasteiger partial charge in [0, 0.05) is 17.7 Å². The SMILES string of the molecule is Cc1ccc(-c2nc(C)[nH]c2CCC(=O)O)c(C)c1. The Bertz CT molecular complexity index is 615. The molecule has 1 aromatic heterocycles. The van der Waals surface area contributed by atoms with Crippen LogP contribution in [0.1, 0.15) is 29.1 Å². The maximum absolute atomic E-state index is 10.7. The molecule has 0 aliphatic rings. The van der Waals surface area contributed by atoms with Crippen molar-refractivity contribution in [2.24, 2.45) is 0 Å². The van der Waals surface area contributed by atoms with E-state index in [0.717, 1.165) is 28.3 Å². The van der Waals surface area contributed by atoms with Crippen LogP contribution in [0.4, 0.5) is 0 Å². The molecule has 0 radical (unpaired) electrons. The van der Waals surface area contributed by atoms with Crippen LogP contribution in [-0.2, 0) is 11.2 Å². The molecule has 1 heterocycles. The van der Waals surface area contributed by atoms with Crippen molar-refractivity contribution in [1.82, 2.24) is 9.97 Å². The van der Waals surface area contributed by atoms with Gasteiger partial charge in [0.05, 0.1) is 12.1 Å². The molecule has 0 bridgehead atoms. The molecule has 2 rings (SSSR count). The number of carboxylic acid groups (broad SMARTS) is 1. The molecular weight excluding hydrogens is 240 g/mol. The molecule has 0 aliphatic carbocycles. The number of aliphatic carboxylic acids is 1. The molecular formula is C15H18N2O2. The van der Waals surface area contributed by atoms with Gasteiger partial charge >= 0.3 is 5.97 Å². The lowest BCUT2D eigenvalue weighted by Gasteiger charge is -2.06. The second kappa shape index (κ2) is 5.26. The summed E-state index contributed by atoms with van der Waals surface area (Å²) in [4.78, 5) is 18.4. The number of hydrogen-bond acceptors (Lipinski definition) is 2. The highest BCUT2D eigenvalue weighted by Crippen LogP contribution is 2.26. The summed E-state index contributed by atoms with van der Waals surface area (Å²) in [6, 6.07) is 6.21. The average Bonchev–Trinajstić information content (AvgIpc) is 2.67. The zero-order valence-electron chi connectivity index (χ0n) is 11.4. The third kappa shape index (κ3) is 3.02. The highest BCUT2D eigenvalue weighted by Gasteiger charge is 2.13. The van der Waals surface area contributed by atoms with Crippen LogP contribution in [-0.4, -0.2) is 21.0 Å². The Balaban J connectivity index is 2.40. The van der Waals surface area contributed by atoms with E-state index in [-0.39, 0.29) is 6.42 Å². The number of benzene rings is 1. The zero-order valence-corrected chi connectivity index (χ0v) is 11.4. The third-order valence-electron chi connectivity index (χ3n) is 3.12. The third-order valence-corrected chi connectivity index (χ3v) is 3.12. The number of nitrogens with one attached hydrogen (secondary N) is 1. The molecule has 0 spiro atoms. The molecule has 0 atom stereocenters. The summed E-state index contributed by atoms with van der Waals surface area (Å²) in [5.41, 5.74) is 5.20. The standard InChI is InChI=1S/C15H18N2O2/c1-9-4-5-12(10(2)8-9)15-13(6-7-14(18)19)16-11(3)17-15/h4-5,8H,6-7H2,1-3H3,(H,16,17)(H,18,19). The van der Waals surface area contributed by atoms with Crippen molar-refractivity contribution in [3.05, 3.63) is 40.8 Å². The van der Waals surface area contributed by atoms with Crippen LogP contribution in [0.3, 0.4) is 0 Å². The van der Waals surface area contributed by atoms with Gasteiger partial charge in [-0.1, -0.05) is 23.8 Å². The van der Waals surface area contributed by atoms with Gasteiger partial charge in [-0.2, -0.15) is 0 Å². The predicted octanol–water partition coefficient (Wildman–Crippen LogP) is 3.02. The van der Waals surface area contributed by atoms with Crippen LogP contribution in [0.5, 0.6) is 0 Å². The molecule has 0 saturated carbocycles. The summed E-state index contributed by atoms with van der Waals surface area (Å²) in [7, 11) is 0. The molecule has 2 aromatic rings. The van der Waals surface area contributed by atoms with E-state index in [1.807, 2.05) is 26.0 Å². The smallest absolute Gasteiger partial charge is 0.303 e. The highest BCUT2D eigenvalue weighted by atomic mass is 16.4. The number of imidazole rings is 1. The van der Waals surface area contributed by atoms with Crippen LogP contribution in [0.25, 0.3) is 11.3 Å². The minimum absolute atomic E-state index is 0.111. The van der Waals surface area contributed by atoms with Crippen LogP contribution in [0.15, 0.2) is 18.2 Å². The van der Waals surface area contributed by atoms with Gasteiger partial charge in [-0.3, -0.25) is 4.79 Å². The topological polar surface area (TPSA) is 66.0 Å². The molecule has 4 nitrogen and oxygen atoms in total. The summed E-state index contributed by atoms with van der Waals surface area (Å²) in [5.74, 6) is 0.0224. The Kier molecular flexibility index (Phi) is 3.69. The van der Waals surface area contributed by atoms with Crippen molar-refractivity contribution in [3.63, 3.8) is 0 Å². The largest absolute Gasteiger partial charge is 0.481 e. The molecule has 0 aliphatic heterocycles. The van der Waals surface area contributed by atoms with Gasteiger partial charge in [-0.15, -0.1) is 0 Å². The number of aromatic nitrogens is 2. The van der Waals surface area contributed by atoms with E-state index in [1.165, 1.54) is 5.56 Å². The highest BCUT2D eigenvalue weighted by molar-refractivity contribution is 5.69. The lowest BCUT2D eigenvalue weighted by Crippen LogP contribution is -1.99. The number of carbonyl (C=O) groups is 1. The van der Waals surface area contributed by atoms with Gasteiger partial charge in [-0.05, 0) is 26.3 Å². The summed E-state index contributed by atoms with van der Waals surface area (Å²) in [6.07, 6.45) is 0.582. The monoisotopic (exact) mass is 258 g/mol. The minimum Gasteiger partial charge on any atom is -0.481 e. The van der Waals surface area contributed by atoms with Gasteiger partial charge in [0.25, 0.3) is 0 Å². The van der Waals surface area contributed by atoms with E-state index in [2.05, 4.69) is 23.0 Å². The van der Waals surface area contributed by atoms with Gasteiger partial charge in [0.1, 0.15) is 5.82 Å². The summed E-state index contributed by atoms with van der Waals surface area (Å²) >= 11 is 0. The zero-order chi connectivity index (χ0) is 14.0. The maximum atomic E-state index is 10.7. The summed E-state index contributed by atoms with van der Waals surface area (Å²) in [6.45, 7) is 5.99. The van der Waals surface area contributed by atoms with Crippen molar-refractivity contribution < 1.29 is 9.90 Å². The average molecular weight is 258 g/mol. The molecule has 19 heavy (non-hydrogen) atoms. The molecule has 1 aromatic carbocycles. The molecule has 0 fully saturated rings. The van der Waals surface area contributed by atoms with Gasteiger partial charge in [-0.25, -0.2) is 4.98 Å². The number of aryl methyl sites for hydroxylation is 4. The summed E-state index contributed by atoms with van der Waals surface area (Å²) < 4.78 is 0. The number of rotatable bonds is 4. The number of carboxylic acids is 1. The van der Waals surface area contributed by atoms with Gasteiger partial charge in [0.2, 0.25) is 0 Å². The fraction of sp³-hybridized carbons (Fsp3) is 0.333. The lowest BCUT2D eigenvalue weighted by atomic mass is 10.0. The van der Waals surface area contributed by atoms with E-state index in [4.69, 9.17) is 5.11 Å². The first-order chi connectivity index (χ1) is 8.97. The predicted molar refractivity (Wildman–Crippen MR) is 74.2 cm³/mol. The summed E-state index contributed by atoms with van der Waals surface area (Å²) in [5, 5.41) is 8.80. The van der Waals surface area contributed by atoms with Crippen LogP contribution < -0.4 is 0 Å². The first-order valence-electron chi connectivity index (χ1n) is 6.32. The molecule has 2 N–H and O–H groups in total. The normalized spacial score (nSPS) is 10.7. The van der Waals surface area contributed by atoms with Crippen molar-refractivity contribution in [2.45, 2.75) is 33.6 Å². The molecule has 0 amide bonds. The molecule has 4 heteroatoms. The van der Waals surface area contributed by atoms with E-state index in [0.29, 0.717) is 6.42 Å². The Morgan fingerprint density at radius 3 is 2.68 bits per heavy atom. The number of nitrogens with zero attached hydrogens (tertiary/aromatic N) is 1. The van der Waals surface area contributed by atoms with Crippen LogP contribution >= 0.6 is 0 Å². The second-order valence-corrected chi connectivity index (χ2v) is 4.86. The van der Waals surface area contributed by atoms with Crippen molar-refractivity contribution in [1.29, 1.82) is 0 Å². The second-order valence-electron chi connectivity index (χ2n) is 4.86. The van der Waals surface area contributed by atoms with Crippen LogP contribution in [0.2, 0.25) is 0 Å². The molecule has 0 unspecified atom stereocenters. The van der Waals surface area contributed by atoms with E-state index >= 15 is 0 Å². The van der Waals surface area contributed by atoms with E-state index < -0.39 is 5.97 Å². The first kappa shape index (κ1) is 13.3. The Labute approximate surface area is 112 Å². The van der Waals surface area contributed by atoms with Crippen molar-refractivity contribution >= 4 is 5.97 Å². The number of H-pyrrole nitrogens is 1. The first-order valence-corrected chi connectivity index (χ1v) is 6.32. The fourth-order valence-corrected chi connectivity index (χ4v) is 2.26. The fourth-order valence-electron chi connectivity index (χ4n) is 2.26. The minimum atomic E-state index is -0.793. The maximum Gasteiger partial charge on any atom is 0.303 e. The van der Waals surface area contributed by atoms with Crippen molar-refractivity contribution in [3.8, 4) is 11.3 Å². The Morgan fingerprint density at radius 2 is 2.05 bits per heavy atom. The van der Waals surface area contributed by atoms with Crippen LogP contribution in [0, 0.1) is 20.8 Å². The van der Waals surface area contributed by atoms with E-state index in [9.17, 15) is 4.79 Å². The Morgan fingerprint density at radius 1 is 1.32 bits per heavy atom. The van der Waals surface area contributed by atoms with Gasteiger partial charge in [0.15, 0.2) is 0 Å². The van der Waals surface area contributed by atoms with Crippen molar-refractivity contribution in [2.75, 3.05) is 0 Å².